The zero-order valence-electron chi connectivity index (χ0n) is 11.0. The molecule has 1 saturated heterocycles. The van der Waals surface area contributed by atoms with E-state index in [4.69, 9.17) is 4.74 Å². The van der Waals surface area contributed by atoms with E-state index in [9.17, 15) is 14.7 Å². The van der Waals surface area contributed by atoms with Crippen LogP contribution in [0.25, 0.3) is 0 Å². The molecule has 3 rings (SSSR count). The number of rotatable bonds is 4. The van der Waals surface area contributed by atoms with Gasteiger partial charge >= 0.3 is 5.97 Å². The molecule has 0 bridgehead atoms. The minimum Gasteiger partial charge on any atom is -0.480 e. The standard InChI is InChI=1S/C16H13NO4/c18-15-14(21-12-9-5-2-6-10-12)13(16(19)20)17(15)11-7-3-1-4-8-11/h1-10,13-14H,(H,19,20). The normalized spacial score (nSPS) is 20.8. The highest BCUT2D eigenvalue weighted by atomic mass is 16.5. The van der Waals surface area contributed by atoms with Gasteiger partial charge in [-0.05, 0) is 24.3 Å². The van der Waals surface area contributed by atoms with Crippen LogP contribution in [0.15, 0.2) is 60.7 Å². The van der Waals surface area contributed by atoms with Crippen molar-refractivity contribution in [3.8, 4) is 5.75 Å². The number of carbonyl (C=O) groups excluding carboxylic acids is 1. The highest BCUT2D eigenvalue weighted by Gasteiger charge is 2.54. The van der Waals surface area contributed by atoms with Crippen LogP contribution in [-0.2, 0) is 9.59 Å². The van der Waals surface area contributed by atoms with Gasteiger partial charge in [-0.25, -0.2) is 4.79 Å². The van der Waals surface area contributed by atoms with Gasteiger partial charge in [0.25, 0.3) is 5.91 Å². The summed E-state index contributed by atoms with van der Waals surface area (Å²) in [7, 11) is 0. The van der Waals surface area contributed by atoms with Crippen LogP contribution in [0.4, 0.5) is 5.69 Å². The number of ether oxygens (including phenoxy) is 1. The first kappa shape index (κ1) is 13.2. The van der Waals surface area contributed by atoms with Crippen molar-refractivity contribution in [3.05, 3.63) is 60.7 Å². The molecule has 1 N–H and O–H groups in total. The van der Waals surface area contributed by atoms with E-state index in [0.717, 1.165) is 0 Å². The van der Waals surface area contributed by atoms with Gasteiger partial charge in [0.2, 0.25) is 6.10 Å². The first-order valence-electron chi connectivity index (χ1n) is 6.51. The number of hydrogen-bond acceptors (Lipinski definition) is 3. The van der Waals surface area contributed by atoms with E-state index in [1.54, 1.807) is 48.5 Å². The van der Waals surface area contributed by atoms with Gasteiger partial charge in [-0.2, -0.15) is 0 Å². The van der Waals surface area contributed by atoms with Crippen molar-refractivity contribution in [1.29, 1.82) is 0 Å². The number of anilines is 1. The molecule has 2 aromatic rings. The molecule has 1 aliphatic rings. The van der Waals surface area contributed by atoms with Gasteiger partial charge in [0.1, 0.15) is 5.75 Å². The third-order valence-corrected chi connectivity index (χ3v) is 3.34. The van der Waals surface area contributed by atoms with Gasteiger partial charge in [-0.15, -0.1) is 0 Å². The third-order valence-electron chi connectivity index (χ3n) is 3.34. The van der Waals surface area contributed by atoms with Gasteiger partial charge in [-0.3, -0.25) is 9.69 Å². The number of nitrogens with zero attached hydrogens (tertiary/aromatic N) is 1. The Morgan fingerprint density at radius 2 is 1.57 bits per heavy atom. The molecule has 106 valence electrons. The molecule has 1 amide bonds. The number of carboxylic acid groups (broad SMARTS) is 1. The zero-order valence-corrected chi connectivity index (χ0v) is 11.0. The first-order valence-corrected chi connectivity index (χ1v) is 6.51. The van der Waals surface area contributed by atoms with E-state index in [-0.39, 0.29) is 5.91 Å². The van der Waals surface area contributed by atoms with Crippen LogP contribution in [0.2, 0.25) is 0 Å². The van der Waals surface area contributed by atoms with Crippen molar-refractivity contribution in [1.82, 2.24) is 0 Å². The molecule has 1 aliphatic heterocycles. The van der Waals surface area contributed by atoms with Crippen molar-refractivity contribution < 1.29 is 19.4 Å². The fourth-order valence-electron chi connectivity index (χ4n) is 2.34. The quantitative estimate of drug-likeness (QED) is 0.871. The molecule has 21 heavy (non-hydrogen) atoms. The van der Waals surface area contributed by atoms with Crippen LogP contribution in [0.5, 0.6) is 5.75 Å². The van der Waals surface area contributed by atoms with Crippen LogP contribution in [0.3, 0.4) is 0 Å². The van der Waals surface area contributed by atoms with E-state index < -0.39 is 18.1 Å². The lowest BCUT2D eigenvalue weighted by Crippen LogP contribution is -2.70. The van der Waals surface area contributed by atoms with Gasteiger partial charge in [0.05, 0.1) is 0 Å². The second-order valence-corrected chi connectivity index (χ2v) is 4.68. The molecule has 0 spiro atoms. The number of benzene rings is 2. The molecule has 2 aromatic carbocycles. The van der Waals surface area contributed by atoms with Crippen LogP contribution < -0.4 is 9.64 Å². The van der Waals surface area contributed by atoms with Crippen molar-refractivity contribution in [3.63, 3.8) is 0 Å². The number of carboxylic acids is 1. The predicted molar refractivity (Wildman–Crippen MR) is 76.2 cm³/mol. The summed E-state index contributed by atoms with van der Waals surface area (Å²) in [6, 6.07) is 16.4. The Labute approximate surface area is 121 Å². The Morgan fingerprint density at radius 1 is 1.00 bits per heavy atom. The Bertz CT molecular complexity index is 656. The Hall–Kier alpha value is -2.82. The lowest BCUT2D eigenvalue weighted by molar-refractivity contribution is -0.152. The molecule has 1 heterocycles. The summed E-state index contributed by atoms with van der Waals surface area (Å²) in [6.07, 6.45) is -0.995. The molecule has 0 aliphatic carbocycles. The van der Waals surface area contributed by atoms with E-state index in [2.05, 4.69) is 0 Å². The summed E-state index contributed by atoms with van der Waals surface area (Å²) in [4.78, 5) is 24.9. The maximum atomic E-state index is 12.2. The lowest BCUT2D eigenvalue weighted by Gasteiger charge is -2.43. The fourth-order valence-corrected chi connectivity index (χ4v) is 2.34. The van der Waals surface area contributed by atoms with E-state index >= 15 is 0 Å². The van der Waals surface area contributed by atoms with Crippen molar-refractivity contribution in [2.45, 2.75) is 12.1 Å². The summed E-state index contributed by atoms with van der Waals surface area (Å²) in [5, 5.41) is 9.36. The molecule has 0 aromatic heterocycles. The highest BCUT2D eigenvalue weighted by molar-refractivity contribution is 6.12. The maximum absolute atomic E-state index is 12.2. The zero-order chi connectivity index (χ0) is 14.8. The largest absolute Gasteiger partial charge is 0.480 e. The smallest absolute Gasteiger partial charge is 0.331 e. The van der Waals surface area contributed by atoms with Gasteiger partial charge in [-0.1, -0.05) is 36.4 Å². The van der Waals surface area contributed by atoms with Crippen LogP contribution in [0, 0.1) is 0 Å². The summed E-state index contributed by atoms with van der Waals surface area (Å²) in [5.41, 5.74) is 0.558. The van der Waals surface area contributed by atoms with Crippen LogP contribution in [-0.4, -0.2) is 29.1 Å². The van der Waals surface area contributed by atoms with Gasteiger partial charge in [0, 0.05) is 5.69 Å². The summed E-state index contributed by atoms with van der Waals surface area (Å²) >= 11 is 0. The van der Waals surface area contributed by atoms with Crippen molar-refractivity contribution in [2.24, 2.45) is 0 Å². The van der Waals surface area contributed by atoms with Crippen molar-refractivity contribution >= 4 is 17.6 Å². The first-order chi connectivity index (χ1) is 10.2. The SMILES string of the molecule is O=C(O)C1C(Oc2ccccc2)C(=O)N1c1ccccc1. The Kier molecular flexibility index (Phi) is 3.31. The van der Waals surface area contributed by atoms with Gasteiger partial charge < -0.3 is 9.84 Å². The molecule has 5 heteroatoms. The molecule has 0 radical (unpaired) electrons. The van der Waals surface area contributed by atoms with E-state index in [1.807, 2.05) is 12.1 Å². The molecule has 1 fully saturated rings. The summed E-state index contributed by atoms with van der Waals surface area (Å²) in [5.74, 6) is -0.952. The number of para-hydroxylation sites is 2. The minimum atomic E-state index is -1.08. The molecule has 5 nitrogen and oxygen atoms in total. The van der Waals surface area contributed by atoms with E-state index in [1.165, 1.54) is 4.90 Å². The minimum absolute atomic E-state index is 0.350. The Balaban J connectivity index is 1.84. The summed E-state index contributed by atoms with van der Waals surface area (Å²) < 4.78 is 5.52. The topological polar surface area (TPSA) is 66.8 Å². The average molecular weight is 283 g/mol. The van der Waals surface area contributed by atoms with Crippen LogP contribution >= 0.6 is 0 Å². The Morgan fingerprint density at radius 3 is 2.14 bits per heavy atom. The average Bonchev–Trinajstić information content (AvgIpc) is 2.51. The lowest BCUT2D eigenvalue weighted by atomic mass is 9.96. The van der Waals surface area contributed by atoms with Crippen molar-refractivity contribution in [2.75, 3.05) is 4.90 Å². The number of amides is 1. The molecule has 2 unspecified atom stereocenters. The molecular formula is C16H13NO4. The maximum Gasteiger partial charge on any atom is 0.331 e. The highest BCUT2D eigenvalue weighted by Crippen LogP contribution is 2.31. The molecule has 2 atom stereocenters. The molecule has 0 saturated carbocycles. The second-order valence-electron chi connectivity index (χ2n) is 4.68. The molecular weight excluding hydrogens is 270 g/mol. The number of β-lactam (4-membered cyclic amide) rings is 1. The van der Waals surface area contributed by atoms with E-state index in [0.29, 0.717) is 11.4 Å². The predicted octanol–water partition coefficient (Wildman–Crippen LogP) is 1.93. The fraction of sp³-hybridized carbons (Fsp3) is 0.125. The number of carbonyl (C=O) groups is 2. The number of aliphatic carboxylic acids is 1. The second kappa shape index (κ2) is 5.28. The summed E-state index contributed by atoms with van der Waals surface area (Å²) in [6.45, 7) is 0. The monoisotopic (exact) mass is 283 g/mol. The number of hydrogen-bond donors (Lipinski definition) is 1. The van der Waals surface area contributed by atoms with Gasteiger partial charge in [0.15, 0.2) is 6.04 Å². The van der Waals surface area contributed by atoms with Crippen LogP contribution in [0.1, 0.15) is 0 Å². The third kappa shape index (κ3) is 2.33.